The molecule has 3 fully saturated rings. The molecule has 41 heavy (non-hydrogen) atoms. The Kier molecular flexibility index (Phi) is 6.73. The van der Waals surface area contributed by atoms with Gasteiger partial charge in [-0.05, 0) is 80.0 Å². The monoisotopic (exact) mass is 589 g/mol. The van der Waals surface area contributed by atoms with Crippen LogP contribution in [0, 0.1) is 28.6 Å². The summed E-state index contributed by atoms with van der Waals surface area (Å²) in [6.07, 6.45) is 5.47. The SMILES string of the molecule is CCC(=O)O[C@]1(C(=O)SCF)CC[C@H]2[C@@H]3CCC4=Cc5c(cnn5-c5ccc(F)nc5)C[C@]4(C)[C@@]3(F)C(O)CC21C. The third-order valence-electron chi connectivity index (χ3n) is 10.7. The third kappa shape index (κ3) is 3.76. The van der Waals surface area contributed by atoms with E-state index < -0.39 is 57.2 Å². The molecule has 0 radical (unpaired) electrons. The fraction of sp³-hybridized carbons (Fsp3) is 0.600. The first kappa shape index (κ1) is 28.5. The summed E-state index contributed by atoms with van der Waals surface area (Å²) in [5, 5.41) is 15.7. The quantitative estimate of drug-likeness (QED) is 0.362. The molecule has 7 atom stereocenters. The highest BCUT2D eigenvalue weighted by molar-refractivity contribution is 8.13. The van der Waals surface area contributed by atoms with E-state index >= 15 is 4.39 Å². The minimum Gasteiger partial charge on any atom is -0.449 e. The van der Waals surface area contributed by atoms with Gasteiger partial charge in [0, 0.05) is 23.2 Å². The molecule has 0 spiro atoms. The summed E-state index contributed by atoms with van der Waals surface area (Å²) >= 11 is 0.473. The van der Waals surface area contributed by atoms with Crippen LogP contribution in [0.5, 0.6) is 0 Å². The molecule has 7 nitrogen and oxygen atoms in total. The van der Waals surface area contributed by atoms with E-state index in [0.717, 1.165) is 16.8 Å². The zero-order valence-electron chi connectivity index (χ0n) is 23.3. The van der Waals surface area contributed by atoms with E-state index in [4.69, 9.17) is 4.74 Å². The molecule has 1 N–H and O–H groups in total. The number of pyridine rings is 1. The molecular weight excluding hydrogens is 555 g/mol. The minimum absolute atomic E-state index is 0.0469. The molecule has 0 bridgehead atoms. The molecular formula is C30H34F3N3O4S. The first-order valence-electron chi connectivity index (χ1n) is 14.2. The van der Waals surface area contributed by atoms with E-state index in [2.05, 4.69) is 10.1 Å². The van der Waals surface area contributed by atoms with Gasteiger partial charge in [-0.2, -0.15) is 9.49 Å². The van der Waals surface area contributed by atoms with Gasteiger partial charge in [0.1, 0.15) is 11.7 Å². The van der Waals surface area contributed by atoms with E-state index in [0.29, 0.717) is 43.1 Å². The molecule has 4 aliphatic carbocycles. The lowest BCUT2D eigenvalue weighted by molar-refractivity contribution is -0.228. The average Bonchev–Trinajstić information content (AvgIpc) is 3.47. The molecule has 11 heteroatoms. The molecule has 2 aromatic heterocycles. The highest BCUT2D eigenvalue weighted by Gasteiger charge is 2.75. The van der Waals surface area contributed by atoms with Crippen molar-refractivity contribution < 1.29 is 32.6 Å². The maximum Gasteiger partial charge on any atom is 0.306 e. The van der Waals surface area contributed by atoms with Gasteiger partial charge in [-0.1, -0.05) is 26.3 Å². The lowest BCUT2D eigenvalue weighted by Crippen LogP contribution is -2.70. The van der Waals surface area contributed by atoms with Gasteiger partial charge in [-0.3, -0.25) is 9.59 Å². The number of allylic oxidation sites excluding steroid dienone is 1. The van der Waals surface area contributed by atoms with E-state index in [1.54, 1.807) is 30.8 Å². The zero-order chi connectivity index (χ0) is 29.4. The number of halogens is 3. The van der Waals surface area contributed by atoms with E-state index in [1.165, 1.54) is 12.3 Å². The fourth-order valence-electron chi connectivity index (χ4n) is 8.72. The second-order valence-electron chi connectivity index (χ2n) is 12.4. The van der Waals surface area contributed by atoms with Gasteiger partial charge in [0.15, 0.2) is 5.60 Å². The smallest absolute Gasteiger partial charge is 0.306 e. The molecule has 0 aromatic carbocycles. The number of carbonyl (C=O) groups excluding carboxylic acids is 2. The van der Waals surface area contributed by atoms with E-state index in [1.807, 2.05) is 13.0 Å². The van der Waals surface area contributed by atoms with Crippen LogP contribution in [0.2, 0.25) is 0 Å². The maximum absolute atomic E-state index is 17.9. The van der Waals surface area contributed by atoms with Gasteiger partial charge in [0.05, 0.1) is 29.9 Å². The highest BCUT2D eigenvalue weighted by Crippen LogP contribution is 2.71. The predicted molar refractivity (Wildman–Crippen MR) is 147 cm³/mol. The first-order chi connectivity index (χ1) is 19.4. The molecule has 0 saturated heterocycles. The summed E-state index contributed by atoms with van der Waals surface area (Å²) < 4.78 is 52.3. The number of nitrogens with zero attached hydrogens (tertiary/aromatic N) is 3. The van der Waals surface area contributed by atoms with Crippen LogP contribution in [0.4, 0.5) is 13.2 Å². The van der Waals surface area contributed by atoms with Crippen LogP contribution in [0.1, 0.15) is 70.6 Å². The summed E-state index contributed by atoms with van der Waals surface area (Å²) in [5.74, 6) is -2.11. The van der Waals surface area contributed by atoms with Crippen molar-refractivity contribution in [3.05, 3.63) is 47.3 Å². The number of hydrogen-bond donors (Lipinski definition) is 1. The molecule has 0 aliphatic heterocycles. The van der Waals surface area contributed by atoms with Crippen molar-refractivity contribution in [1.82, 2.24) is 14.8 Å². The molecule has 2 aromatic rings. The van der Waals surface area contributed by atoms with Crippen molar-refractivity contribution in [3.63, 3.8) is 0 Å². The number of hydrogen-bond acceptors (Lipinski definition) is 7. The Balaban J connectivity index is 1.39. The summed E-state index contributed by atoms with van der Waals surface area (Å²) in [6, 6.07) is 1.89. The minimum atomic E-state index is -2.01. The number of aromatic nitrogens is 3. The van der Waals surface area contributed by atoms with Crippen LogP contribution >= 0.6 is 11.8 Å². The molecule has 2 unspecified atom stereocenters. The Morgan fingerprint density at radius 3 is 2.68 bits per heavy atom. The Bertz CT molecular complexity index is 1430. The lowest BCUT2D eigenvalue weighted by Gasteiger charge is -2.63. The van der Waals surface area contributed by atoms with Crippen molar-refractivity contribution in [2.75, 3.05) is 6.01 Å². The number of rotatable bonds is 5. The molecule has 6 rings (SSSR count). The second-order valence-corrected chi connectivity index (χ2v) is 13.3. The molecule has 0 amide bonds. The molecule has 2 heterocycles. The number of alkyl halides is 2. The Labute approximate surface area is 240 Å². The number of ether oxygens (including phenoxy) is 1. The van der Waals surface area contributed by atoms with Gasteiger partial charge in [0.2, 0.25) is 11.1 Å². The van der Waals surface area contributed by atoms with Crippen molar-refractivity contribution in [3.8, 4) is 5.69 Å². The maximum atomic E-state index is 17.9. The van der Waals surface area contributed by atoms with Gasteiger partial charge in [0.25, 0.3) is 0 Å². The first-order valence-corrected chi connectivity index (χ1v) is 15.2. The number of aliphatic hydroxyl groups is 1. The summed E-state index contributed by atoms with van der Waals surface area (Å²) in [5.41, 5.74) is -2.67. The van der Waals surface area contributed by atoms with Crippen LogP contribution in [0.25, 0.3) is 11.8 Å². The van der Waals surface area contributed by atoms with Crippen molar-refractivity contribution in [1.29, 1.82) is 0 Å². The number of esters is 1. The lowest BCUT2D eigenvalue weighted by atomic mass is 9.44. The topological polar surface area (TPSA) is 94.3 Å². The van der Waals surface area contributed by atoms with Crippen LogP contribution in [-0.2, 0) is 20.7 Å². The number of fused-ring (bicyclic) bond motifs is 6. The normalized spacial score (nSPS) is 37.3. The largest absolute Gasteiger partial charge is 0.449 e. The molecule has 220 valence electrons. The Morgan fingerprint density at radius 2 is 2.00 bits per heavy atom. The Morgan fingerprint density at radius 1 is 1.22 bits per heavy atom. The summed E-state index contributed by atoms with van der Waals surface area (Å²) in [6.45, 7) is 5.29. The van der Waals surface area contributed by atoms with Gasteiger partial charge < -0.3 is 9.84 Å². The van der Waals surface area contributed by atoms with E-state index in [9.17, 15) is 23.5 Å². The average molecular weight is 590 g/mol. The Hall–Kier alpha value is -2.66. The van der Waals surface area contributed by atoms with Crippen molar-refractivity contribution >= 4 is 28.9 Å². The highest BCUT2D eigenvalue weighted by atomic mass is 32.2. The van der Waals surface area contributed by atoms with Gasteiger partial charge in [-0.25, -0.2) is 18.4 Å². The van der Waals surface area contributed by atoms with Crippen LogP contribution in [-0.4, -0.2) is 54.3 Å². The molecule has 4 aliphatic rings. The number of carbonyl (C=O) groups is 2. The van der Waals surface area contributed by atoms with Crippen molar-refractivity contribution in [2.24, 2.45) is 22.7 Å². The van der Waals surface area contributed by atoms with Crippen LogP contribution < -0.4 is 0 Å². The van der Waals surface area contributed by atoms with Crippen LogP contribution in [0.15, 0.2) is 30.1 Å². The standard InChI is InChI=1S/C30H34F3N3O4S/c1-4-25(38)40-29(26(39)41-16-31)10-9-20-21-7-5-18-11-22-17(14-35-36(22)19-6-8-24(32)34-15-19)12-27(18,2)30(21,33)23(37)13-28(20,29)3/h6,8,11,14-15,20-21,23,37H,4-5,7,9-10,12-13,16H2,1-3H3/t20-,21-,23?,27-,28?,29-,30-/m0/s1. The van der Waals surface area contributed by atoms with Gasteiger partial charge >= 0.3 is 5.97 Å². The van der Waals surface area contributed by atoms with E-state index in [-0.39, 0.29) is 25.2 Å². The zero-order valence-corrected chi connectivity index (χ0v) is 24.1. The van der Waals surface area contributed by atoms with Gasteiger partial charge in [-0.15, -0.1) is 0 Å². The second kappa shape index (κ2) is 9.69. The number of thioether (sulfide) groups is 1. The van der Waals surface area contributed by atoms with Crippen molar-refractivity contribution in [2.45, 2.75) is 83.1 Å². The summed E-state index contributed by atoms with van der Waals surface area (Å²) in [7, 11) is 0. The third-order valence-corrected chi connectivity index (χ3v) is 11.4. The summed E-state index contributed by atoms with van der Waals surface area (Å²) in [4.78, 5) is 29.7. The molecule has 3 saturated carbocycles. The predicted octanol–water partition coefficient (Wildman–Crippen LogP) is 5.53. The fourth-order valence-corrected chi connectivity index (χ4v) is 9.43. The number of aliphatic hydroxyl groups excluding tert-OH is 1. The van der Waals surface area contributed by atoms with Crippen LogP contribution in [0.3, 0.4) is 0 Å².